The van der Waals surface area contributed by atoms with Crippen LogP contribution in [-0.2, 0) is 14.8 Å². The van der Waals surface area contributed by atoms with Gasteiger partial charge in [0, 0.05) is 18.5 Å². The lowest BCUT2D eigenvalue weighted by molar-refractivity contribution is -0.118. The molecular formula is C13H15FN2O4S. The summed E-state index contributed by atoms with van der Waals surface area (Å²) in [5.41, 5.74) is 4.90. The number of aliphatic hydroxyl groups excluding tert-OH is 1. The van der Waals surface area contributed by atoms with E-state index >= 15 is 0 Å². The number of nitrogens with two attached hydrogens (primary N) is 1. The molecule has 1 amide bonds. The van der Waals surface area contributed by atoms with Gasteiger partial charge in [0.1, 0.15) is 12.4 Å². The molecular weight excluding hydrogens is 299 g/mol. The van der Waals surface area contributed by atoms with Crippen LogP contribution in [0, 0.1) is 17.7 Å². The number of halogens is 1. The molecule has 114 valence electrons. The van der Waals surface area contributed by atoms with E-state index in [4.69, 9.17) is 10.8 Å². The molecule has 0 unspecified atom stereocenters. The summed E-state index contributed by atoms with van der Waals surface area (Å²) in [6.07, 6.45) is 0.316. The van der Waals surface area contributed by atoms with Gasteiger partial charge in [-0.15, -0.1) is 0 Å². The van der Waals surface area contributed by atoms with Crippen molar-refractivity contribution in [1.29, 1.82) is 0 Å². The Balaban J connectivity index is 2.94. The fourth-order valence-electron chi connectivity index (χ4n) is 1.52. The predicted molar refractivity (Wildman–Crippen MR) is 74.0 cm³/mol. The van der Waals surface area contributed by atoms with Gasteiger partial charge in [0.05, 0.1) is 4.90 Å². The number of hydrogen-bond acceptors (Lipinski definition) is 4. The second kappa shape index (κ2) is 7.73. The molecule has 0 radical (unpaired) electrons. The number of aliphatic hydroxyl groups is 1. The first-order chi connectivity index (χ1) is 9.86. The minimum absolute atomic E-state index is 0.0233. The first-order valence-corrected chi connectivity index (χ1v) is 7.52. The Morgan fingerprint density at radius 1 is 1.43 bits per heavy atom. The Labute approximate surface area is 122 Å². The van der Waals surface area contributed by atoms with Crippen molar-refractivity contribution in [3.63, 3.8) is 0 Å². The molecule has 0 heterocycles. The predicted octanol–water partition coefficient (Wildman–Crippen LogP) is -0.287. The monoisotopic (exact) mass is 314 g/mol. The average Bonchev–Trinajstić information content (AvgIpc) is 2.41. The molecule has 0 saturated heterocycles. The molecule has 4 N–H and O–H groups in total. The molecule has 0 bridgehead atoms. The maximum absolute atomic E-state index is 13.2. The summed E-state index contributed by atoms with van der Waals surface area (Å²) in [6, 6.07) is 3.07. The van der Waals surface area contributed by atoms with Gasteiger partial charge in [0.25, 0.3) is 0 Å². The third kappa shape index (κ3) is 5.51. The third-order valence-electron chi connectivity index (χ3n) is 2.43. The average molecular weight is 314 g/mol. The number of primary amides is 1. The normalized spacial score (nSPS) is 10.8. The fourth-order valence-corrected chi connectivity index (χ4v) is 2.73. The third-order valence-corrected chi connectivity index (χ3v) is 3.94. The molecule has 21 heavy (non-hydrogen) atoms. The van der Waals surface area contributed by atoms with E-state index in [1.807, 2.05) is 0 Å². The number of carbonyl (C=O) groups is 1. The van der Waals surface area contributed by atoms with Crippen molar-refractivity contribution in [1.82, 2.24) is 4.72 Å². The van der Waals surface area contributed by atoms with Crippen LogP contribution in [0.3, 0.4) is 0 Å². The van der Waals surface area contributed by atoms with Crippen molar-refractivity contribution in [2.24, 2.45) is 5.73 Å². The smallest absolute Gasteiger partial charge is 0.241 e. The molecule has 0 aromatic heterocycles. The Morgan fingerprint density at radius 3 is 2.76 bits per heavy atom. The van der Waals surface area contributed by atoms with Crippen molar-refractivity contribution in [3.8, 4) is 11.8 Å². The molecule has 1 rings (SSSR count). The molecule has 8 heteroatoms. The summed E-state index contributed by atoms with van der Waals surface area (Å²) < 4.78 is 39.6. The number of rotatable bonds is 6. The Kier molecular flexibility index (Phi) is 6.30. The van der Waals surface area contributed by atoms with Gasteiger partial charge >= 0.3 is 0 Å². The highest BCUT2D eigenvalue weighted by atomic mass is 32.2. The summed E-state index contributed by atoms with van der Waals surface area (Å²) >= 11 is 0. The zero-order valence-electron chi connectivity index (χ0n) is 11.1. The fraction of sp³-hybridized carbons (Fsp3) is 0.308. The molecule has 1 aromatic carbocycles. The maximum Gasteiger partial charge on any atom is 0.241 e. The lowest BCUT2D eigenvalue weighted by atomic mass is 10.2. The van der Waals surface area contributed by atoms with Gasteiger partial charge in [-0.1, -0.05) is 11.8 Å². The highest BCUT2D eigenvalue weighted by Gasteiger charge is 2.17. The molecule has 1 aromatic rings. The largest absolute Gasteiger partial charge is 0.384 e. The van der Waals surface area contributed by atoms with Gasteiger partial charge in [-0.3, -0.25) is 4.79 Å². The first-order valence-electron chi connectivity index (χ1n) is 6.04. The summed E-state index contributed by atoms with van der Waals surface area (Å²) in [4.78, 5) is 10.4. The minimum Gasteiger partial charge on any atom is -0.384 e. The van der Waals surface area contributed by atoms with Crippen LogP contribution < -0.4 is 10.5 Å². The SMILES string of the molecule is NC(=O)CCCNS(=O)(=O)c1ccc(F)cc1C#CCO. The van der Waals surface area contributed by atoms with E-state index in [1.54, 1.807) is 0 Å². The van der Waals surface area contributed by atoms with Gasteiger partial charge in [0.2, 0.25) is 15.9 Å². The lowest BCUT2D eigenvalue weighted by Crippen LogP contribution is -2.26. The van der Waals surface area contributed by atoms with E-state index in [2.05, 4.69) is 16.6 Å². The zero-order valence-corrected chi connectivity index (χ0v) is 11.9. The van der Waals surface area contributed by atoms with Crippen LogP contribution in [0.25, 0.3) is 0 Å². The number of carbonyl (C=O) groups excluding carboxylic acids is 1. The van der Waals surface area contributed by atoms with Crippen LogP contribution in [-0.4, -0.2) is 32.6 Å². The van der Waals surface area contributed by atoms with Crippen LogP contribution in [0.5, 0.6) is 0 Å². The quantitative estimate of drug-likeness (QED) is 0.495. The van der Waals surface area contributed by atoms with E-state index in [-0.39, 0.29) is 29.8 Å². The van der Waals surface area contributed by atoms with Crippen molar-refractivity contribution in [3.05, 3.63) is 29.6 Å². The van der Waals surface area contributed by atoms with Crippen LogP contribution in [0.4, 0.5) is 4.39 Å². The highest BCUT2D eigenvalue weighted by molar-refractivity contribution is 7.89. The number of amides is 1. The van der Waals surface area contributed by atoms with Gasteiger partial charge in [-0.25, -0.2) is 17.5 Å². The second-order valence-corrected chi connectivity index (χ2v) is 5.80. The van der Waals surface area contributed by atoms with E-state index in [0.717, 1.165) is 18.2 Å². The molecule has 0 saturated carbocycles. The second-order valence-electron chi connectivity index (χ2n) is 4.07. The Morgan fingerprint density at radius 2 is 2.14 bits per heavy atom. The van der Waals surface area contributed by atoms with E-state index in [0.29, 0.717) is 0 Å². The van der Waals surface area contributed by atoms with Crippen LogP contribution in [0.15, 0.2) is 23.1 Å². The Hall–Kier alpha value is -1.95. The first kappa shape index (κ1) is 17.1. The maximum atomic E-state index is 13.2. The van der Waals surface area contributed by atoms with Crippen LogP contribution >= 0.6 is 0 Å². The molecule has 0 aliphatic carbocycles. The van der Waals surface area contributed by atoms with Gasteiger partial charge in [-0.2, -0.15) is 0 Å². The van der Waals surface area contributed by atoms with Gasteiger partial charge in [0.15, 0.2) is 0 Å². The highest BCUT2D eigenvalue weighted by Crippen LogP contribution is 2.16. The van der Waals surface area contributed by atoms with E-state index in [9.17, 15) is 17.6 Å². The van der Waals surface area contributed by atoms with Crippen molar-refractivity contribution >= 4 is 15.9 Å². The summed E-state index contributed by atoms with van der Waals surface area (Å²) in [7, 11) is -3.89. The van der Waals surface area contributed by atoms with Crippen molar-refractivity contribution in [2.45, 2.75) is 17.7 Å². The molecule has 6 nitrogen and oxygen atoms in total. The zero-order chi connectivity index (χ0) is 15.9. The van der Waals surface area contributed by atoms with Crippen LogP contribution in [0.2, 0.25) is 0 Å². The summed E-state index contributed by atoms with van der Waals surface area (Å²) in [5.74, 6) is 3.50. The standard InChI is InChI=1S/C13H15FN2O4S/c14-11-5-6-12(10(9-11)3-2-8-17)21(19,20)16-7-1-4-13(15)18/h5-6,9,16-17H,1,4,7-8H2,(H2,15,18). The van der Waals surface area contributed by atoms with E-state index in [1.165, 1.54) is 0 Å². The molecule has 0 atom stereocenters. The lowest BCUT2D eigenvalue weighted by Gasteiger charge is -2.08. The number of sulfonamides is 1. The van der Waals surface area contributed by atoms with Crippen molar-refractivity contribution < 1.29 is 22.7 Å². The molecule has 0 spiro atoms. The van der Waals surface area contributed by atoms with Crippen LogP contribution in [0.1, 0.15) is 18.4 Å². The topological polar surface area (TPSA) is 109 Å². The molecule has 0 fully saturated rings. The summed E-state index contributed by atoms with van der Waals surface area (Å²) in [5, 5.41) is 8.64. The van der Waals surface area contributed by atoms with Gasteiger partial charge in [-0.05, 0) is 24.6 Å². The molecule has 0 aliphatic heterocycles. The van der Waals surface area contributed by atoms with E-state index < -0.39 is 28.4 Å². The Bertz CT molecular complexity index is 677. The number of nitrogens with one attached hydrogen (secondary N) is 1. The molecule has 0 aliphatic rings. The number of hydrogen-bond donors (Lipinski definition) is 3. The van der Waals surface area contributed by atoms with Crippen molar-refractivity contribution in [2.75, 3.05) is 13.2 Å². The number of benzene rings is 1. The summed E-state index contributed by atoms with van der Waals surface area (Å²) in [6.45, 7) is -0.447. The minimum atomic E-state index is -3.89. The van der Waals surface area contributed by atoms with Gasteiger partial charge < -0.3 is 10.8 Å².